The van der Waals surface area contributed by atoms with Crippen LogP contribution in [-0.2, 0) is 6.18 Å². The number of amides is 1. The highest BCUT2D eigenvalue weighted by atomic mass is 19.4. The number of nitrogens with one attached hydrogen (secondary N) is 2. The first-order chi connectivity index (χ1) is 16.6. The fourth-order valence-corrected chi connectivity index (χ4v) is 3.26. The predicted molar refractivity (Wildman–Crippen MR) is 125 cm³/mol. The first-order valence-electron chi connectivity index (χ1n) is 10.3. The van der Waals surface area contributed by atoms with Gasteiger partial charge in [0.25, 0.3) is 5.91 Å². The van der Waals surface area contributed by atoms with Gasteiger partial charge in [-0.1, -0.05) is 53.7 Å². The van der Waals surface area contributed by atoms with E-state index in [1.807, 2.05) is 0 Å². The summed E-state index contributed by atoms with van der Waals surface area (Å²) >= 11 is 0. The summed E-state index contributed by atoms with van der Waals surface area (Å²) in [5.74, 6) is -1.63. The summed E-state index contributed by atoms with van der Waals surface area (Å²) in [4.78, 5) is 23.6. The van der Waals surface area contributed by atoms with Crippen molar-refractivity contribution in [3.63, 3.8) is 0 Å². The molecule has 180 valence electrons. The maximum Gasteiger partial charge on any atom is 0.416 e. The Morgan fingerprint density at radius 2 is 1.74 bits per heavy atom. The number of carbonyl (C=O) groups excluding carboxylic acids is 1. The summed E-state index contributed by atoms with van der Waals surface area (Å²) < 4.78 is 52.6. The van der Waals surface area contributed by atoms with Crippen LogP contribution in [-0.4, -0.2) is 18.2 Å². The average Bonchev–Trinajstić information content (AvgIpc) is 2.84. The molecule has 0 unspecified atom stereocenters. The minimum atomic E-state index is -4.47. The molecule has 0 saturated heterocycles. The standard InChI is InChI=1S/C25H20F4N4O2/c26-20-13-17(24(34)33-22(14-32-35)16-4-2-1-3-5-16)12-19(23(20)31)21(30)11-8-15-6-9-18(10-7-15)25(27,28)29/h1-13,22,30H,14,31H2,(H,33,34)/b11-8+,30-21?/t22-/m1/s1. The number of nitrogen functional groups attached to an aromatic ring is 1. The third-order valence-corrected chi connectivity index (χ3v) is 5.13. The Morgan fingerprint density at radius 1 is 1.09 bits per heavy atom. The minimum absolute atomic E-state index is 0.0805. The number of benzene rings is 3. The Kier molecular flexibility index (Phi) is 7.75. The number of nitrogens with two attached hydrogens (primary N) is 1. The van der Waals surface area contributed by atoms with Crippen LogP contribution >= 0.6 is 0 Å². The number of allylic oxidation sites excluding steroid dienone is 1. The summed E-state index contributed by atoms with van der Waals surface area (Å²) in [5, 5.41) is 13.7. The van der Waals surface area contributed by atoms with Gasteiger partial charge in [-0.2, -0.15) is 18.1 Å². The van der Waals surface area contributed by atoms with E-state index >= 15 is 0 Å². The Labute approximate surface area is 198 Å². The Hall–Kier alpha value is -4.34. The molecule has 0 aliphatic carbocycles. The second kappa shape index (κ2) is 10.7. The van der Waals surface area contributed by atoms with Crippen molar-refractivity contribution in [2.45, 2.75) is 12.2 Å². The van der Waals surface area contributed by atoms with Crippen molar-refractivity contribution in [2.24, 2.45) is 5.18 Å². The number of hydrogen-bond acceptors (Lipinski definition) is 5. The highest BCUT2D eigenvalue weighted by Crippen LogP contribution is 2.29. The molecule has 3 aromatic carbocycles. The van der Waals surface area contributed by atoms with E-state index < -0.39 is 29.5 Å². The largest absolute Gasteiger partial charge is 0.416 e. The van der Waals surface area contributed by atoms with E-state index in [1.165, 1.54) is 30.4 Å². The molecule has 1 amide bonds. The van der Waals surface area contributed by atoms with E-state index in [0.717, 1.165) is 18.2 Å². The van der Waals surface area contributed by atoms with E-state index in [2.05, 4.69) is 10.5 Å². The summed E-state index contributed by atoms with van der Waals surface area (Å²) in [7, 11) is 0. The third kappa shape index (κ3) is 6.38. The molecule has 0 aromatic heterocycles. The minimum Gasteiger partial charge on any atom is -0.396 e. The number of nitrogens with zero attached hydrogens (tertiary/aromatic N) is 1. The first kappa shape index (κ1) is 25.3. The summed E-state index contributed by atoms with van der Waals surface area (Å²) in [5.41, 5.74) is 5.12. The maximum atomic E-state index is 14.5. The number of rotatable bonds is 8. The number of hydrogen-bond donors (Lipinski definition) is 3. The van der Waals surface area contributed by atoms with Crippen molar-refractivity contribution in [2.75, 3.05) is 12.3 Å². The molecule has 6 nitrogen and oxygen atoms in total. The second-order valence-electron chi connectivity index (χ2n) is 7.53. The first-order valence-corrected chi connectivity index (χ1v) is 10.3. The lowest BCUT2D eigenvalue weighted by Gasteiger charge is -2.17. The highest BCUT2D eigenvalue weighted by molar-refractivity contribution is 6.13. The number of halogens is 4. The second-order valence-corrected chi connectivity index (χ2v) is 7.53. The van der Waals surface area contributed by atoms with E-state index in [1.54, 1.807) is 30.3 Å². The zero-order valence-electron chi connectivity index (χ0n) is 18.1. The van der Waals surface area contributed by atoms with Crippen LogP contribution in [0, 0.1) is 16.1 Å². The average molecular weight is 484 g/mol. The lowest BCUT2D eigenvalue weighted by atomic mass is 10.0. The topological polar surface area (TPSA) is 108 Å². The Bertz CT molecular complexity index is 1260. The van der Waals surface area contributed by atoms with Crippen LogP contribution in [0.4, 0.5) is 23.2 Å². The molecule has 0 aliphatic rings. The van der Waals surface area contributed by atoms with Gasteiger partial charge < -0.3 is 16.5 Å². The van der Waals surface area contributed by atoms with Crippen LogP contribution in [0.5, 0.6) is 0 Å². The number of nitroso groups, excluding NO2 is 1. The van der Waals surface area contributed by atoms with Gasteiger partial charge in [-0.25, -0.2) is 4.39 Å². The monoisotopic (exact) mass is 484 g/mol. The summed E-state index contributed by atoms with van der Waals surface area (Å²) in [6.07, 6.45) is -1.87. The molecule has 0 aliphatic heterocycles. The smallest absolute Gasteiger partial charge is 0.396 e. The molecular weight excluding hydrogens is 464 g/mol. The molecule has 4 N–H and O–H groups in total. The van der Waals surface area contributed by atoms with E-state index in [9.17, 15) is 27.3 Å². The molecule has 3 aromatic rings. The summed E-state index contributed by atoms with van der Waals surface area (Å²) in [6.45, 7) is -0.244. The van der Waals surface area contributed by atoms with Crippen LogP contribution < -0.4 is 11.1 Å². The van der Waals surface area contributed by atoms with E-state index in [-0.39, 0.29) is 29.1 Å². The van der Waals surface area contributed by atoms with Gasteiger partial charge in [0.1, 0.15) is 12.4 Å². The van der Waals surface area contributed by atoms with E-state index in [0.29, 0.717) is 11.1 Å². The molecule has 10 heteroatoms. The van der Waals surface area contributed by atoms with Crippen molar-refractivity contribution in [3.05, 3.63) is 111 Å². The van der Waals surface area contributed by atoms with Crippen molar-refractivity contribution < 1.29 is 22.4 Å². The van der Waals surface area contributed by atoms with Gasteiger partial charge in [-0.3, -0.25) is 4.79 Å². The van der Waals surface area contributed by atoms with Crippen molar-refractivity contribution >= 4 is 23.4 Å². The highest BCUT2D eigenvalue weighted by Gasteiger charge is 2.29. The fourth-order valence-electron chi connectivity index (χ4n) is 3.26. The van der Waals surface area contributed by atoms with Gasteiger partial charge in [0.15, 0.2) is 0 Å². The predicted octanol–water partition coefficient (Wildman–Crippen LogP) is 5.75. The number of alkyl halides is 3. The molecule has 1 atom stereocenters. The maximum absolute atomic E-state index is 14.5. The molecule has 0 bridgehead atoms. The molecule has 0 fully saturated rings. The molecular formula is C25H20F4N4O2. The Morgan fingerprint density at radius 3 is 2.34 bits per heavy atom. The van der Waals surface area contributed by atoms with Gasteiger partial charge in [0.05, 0.1) is 23.0 Å². The number of anilines is 1. The van der Waals surface area contributed by atoms with Crippen LogP contribution in [0.3, 0.4) is 0 Å². The summed E-state index contributed by atoms with van der Waals surface area (Å²) in [6, 6.07) is 14.3. The van der Waals surface area contributed by atoms with Crippen molar-refractivity contribution in [1.29, 1.82) is 5.41 Å². The van der Waals surface area contributed by atoms with Crippen molar-refractivity contribution in [3.8, 4) is 0 Å². The van der Waals surface area contributed by atoms with Gasteiger partial charge >= 0.3 is 6.18 Å². The zero-order chi connectivity index (χ0) is 25.6. The van der Waals surface area contributed by atoms with Crippen LogP contribution in [0.1, 0.15) is 38.7 Å². The molecule has 0 saturated carbocycles. The van der Waals surface area contributed by atoms with Crippen LogP contribution in [0.15, 0.2) is 78.0 Å². The zero-order valence-corrected chi connectivity index (χ0v) is 18.1. The fraction of sp³-hybridized carbons (Fsp3) is 0.120. The van der Waals surface area contributed by atoms with Crippen LogP contribution in [0.25, 0.3) is 6.08 Å². The van der Waals surface area contributed by atoms with Gasteiger partial charge in [0.2, 0.25) is 0 Å². The lowest BCUT2D eigenvalue weighted by Crippen LogP contribution is -2.30. The lowest BCUT2D eigenvalue weighted by molar-refractivity contribution is -0.137. The molecule has 35 heavy (non-hydrogen) atoms. The van der Waals surface area contributed by atoms with Gasteiger partial charge in [0, 0.05) is 11.1 Å². The normalized spacial score (nSPS) is 12.3. The van der Waals surface area contributed by atoms with E-state index in [4.69, 9.17) is 11.1 Å². The van der Waals surface area contributed by atoms with Gasteiger partial charge in [-0.15, -0.1) is 0 Å². The molecule has 0 radical (unpaired) electrons. The third-order valence-electron chi connectivity index (χ3n) is 5.13. The quantitative estimate of drug-likeness (QED) is 0.164. The SMILES string of the molecule is N=C(/C=C/c1ccc(C(F)(F)F)cc1)c1cc(C(=O)N[C@H](CN=O)c2ccccc2)cc(F)c1N. The van der Waals surface area contributed by atoms with Crippen LogP contribution in [0.2, 0.25) is 0 Å². The molecule has 3 rings (SSSR count). The number of carbonyl (C=O) groups is 1. The van der Waals surface area contributed by atoms with Gasteiger partial charge in [-0.05, 0) is 41.5 Å². The van der Waals surface area contributed by atoms with Crippen molar-refractivity contribution in [1.82, 2.24) is 5.32 Å². The molecule has 0 heterocycles. The Balaban J connectivity index is 1.82. The molecule has 0 spiro atoms.